The van der Waals surface area contributed by atoms with Gasteiger partial charge in [-0.2, -0.15) is 5.10 Å². The first-order valence-electron chi connectivity index (χ1n) is 6.49. The first-order chi connectivity index (χ1) is 8.70. The maximum Gasteiger partial charge on any atom is 0.356 e. The van der Waals surface area contributed by atoms with Gasteiger partial charge in [-0.25, -0.2) is 4.79 Å². The van der Waals surface area contributed by atoms with E-state index in [1.807, 2.05) is 0 Å². The van der Waals surface area contributed by atoms with Gasteiger partial charge in [-0.3, -0.25) is 4.68 Å². The van der Waals surface area contributed by atoms with Gasteiger partial charge in [0.05, 0.1) is 7.11 Å². The van der Waals surface area contributed by atoms with E-state index in [0.29, 0.717) is 5.69 Å². The Morgan fingerprint density at radius 3 is 2.89 bits per heavy atom. The fourth-order valence-electron chi connectivity index (χ4n) is 2.44. The van der Waals surface area contributed by atoms with E-state index in [0.717, 1.165) is 18.9 Å². The molecule has 1 aromatic rings. The molecule has 0 aliphatic carbocycles. The molecule has 0 unspecified atom stereocenters. The van der Waals surface area contributed by atoms with Crippen LogP contribution in [-0.4, -0.2) is 47.9 Å². The summed E-state index contributed by atoms with van der Waals surface area (Å²) >= 11 is 0. The van der Waals surface area contributed by atoms with Crippen LogP contribution in [0.4, 0.5) is 0 Å². The van der Waals surface area contributed by atoms with Crippen LogP contribution in [0.3, 0.4) is 0 Å². The average Bonchev–Trinajstić information content (AvgIpc) is 2.85. The summed E-state index contributed by atoms with van der Waals surface area (Å²) in [7, 11) is 3.57. The minimum Gasteiger partial charge on any atom is -0.464 e. The van der Waals surface area contributed by atoms with Crippen molar-refractivity contribution in [1.29, 1.82) is 0 Å². The van der Waals surface area contributed by atoms with Gasteiger partial charge in [-0.1, -0.05) is 0 Å². The van der Waals surface area contributed by atoms with E-state index in [1.165, 1.54) is 33.0 Å². The van der Waals surface area contributed by atoms with Gasteiger partial charge in [0.15, 0.2) is 0 Å². The molecule has 1 aliphatic heterocycles. The highest BCUT2D eigenvalue weighted by atomic mass is 16.5. The molecule has 0 saturated carbocycles. The van der Waals surface area contributed by atoms with Crippen LogP contribution in [0.15, 0.2) is 12.3 Å². The highest BCUT2D eigenvalue weighted by Crippen LogP contribution is 2.20. The summed E-state index contributed by atoms with van der Waals surface area (Å²) in [5, 5.41) is 4.19. The van der Waals surface area contributed by atoms with E-state index in [4.69, 9.17) is 4.74 Å². The molecule has 0 radical (unpaired) electrons. The number of carbonyl (C=O) groups excluding carboxylic acids is 1. The van der Waals surface area contributed by atoms with Crippen LogP contribution in [0.2, 0.25) is 0 Å². The molecule has 5 heteroatoms. The standard InChI is InChI=1S/C13H21N3O2/c1-15-8-4-11(5-9-15)6-10-16-12(3-7-14-16)13(17)18-2/h3,7,11H,4-6,8-10H2,1-2H3. The van der Waals surface area contributed by atoms with Crippen molar-refractivity contribution in [2.24, 2.45) is 5.92 Å². The predicted molar refractivity (Wildman–Crippen MR) is 68.4 cm³/mol. The molecule has 0 N–H and O–H groups in total. The van der Waals surface area contributed by atoms with E-state index >= 15 is 0 Å². The molecule has 1 aliphatic rings. The Morgan fingerprint density at radius 1 is 1.50 bits per heavy atom. The van der Waals surface area contributed by atoms with Crippen LogP contribution < -0.4 is 0 Å². The van der Waals surface area contributed by atoms with E-state index in [1.54, 1.807) is 16.9 Å². The smallest absolute Gasteiger partial charge is 0.356 e. The Morgan fingerprint density at radius 2 is 2.22 bits per heavy atom. The molecule has 0 spiro atoms. The normalized spacial score (nSPS) is 17.9. The Balaban J connectivity index is 1.87. The van der Waals surface area contributed by atoms with Gasteiger partial charge in [0.25, 0.3) is 0 Å². The second-order valence-electron chi connectivity index (χ2n) is 4.97. The van der Waals surface area contributed by atoms with Gasteiger partial charge in [-0.05, 0) is 51.4 Å². The zero-order valence-corrected chi connectivity index (χ0v) is 11.1. The van der Waals surface area contributed by atoms with Crippen molar-refractivity contribution < 1.29 is 9.53 Å². The molecule has 0 amide bonds. The Hall–Kier alpha value is -1.36. The Bertz CT molecular complexity index is 395. The average molecular weight is 251 g/mol. The molecule has 1 fully saturated rings. The third-order valence-corrected chi connectivity index (χ3v) is 3.70. The van der Waals surface area contributed by atoms with Crippen LogP contribution in [0.25, 0.3) is 0 Å². The molecule has 1 saturated heterocycles. The number of methoxy groups -OCH3 is 1. The van der Waals surface area contributed by atoms with Crippen molar-refractivity contribution in [3.8, 4) is 0 Å². The summed E-state index contributed by atoms with van der Waals surface area (Å²) in [6.07, 6.45) is 5.22. The molecule has 0 bridgehead atoms. The fraction of sp³-hybridized carbons (Fsp3) is 0.692. The van der Waals surface area contributed by atoms with Crippen molar-refractivity contribution in [3.63, 3.8) is 0 Å². The number of aryl methyl sites for hydroxylation is 1. The molecule has 0 aromatic carbocycles. The molecule has 2 heterocycles. The largest absolute Gasteiger partial charge is 0.464 e. The van der Waals surface area contributed by atoms with E-state index < -0.39 is 0 Å². The first kappa shape index (κ1) is 13.1. The SMILES string of the molecule is COC(=O)c1ccnn1CCC1CCN(C)CC1. The topological polar surface area (TPSA) is 47.4 Å². The van der Waals surface area contributed by atoms with E-state index in [2.05, 4.69) is 17.0 Å². The molecule has 100 valence electrons. The zero-order chi connectivity index (χ0) is 13.0. The number of hydrogen-bond donors (Lipinski definition) is 0. The molecular weight excluding hydrogens is 230 g/mol. The number of piperidine rings is 1. The van der Waals surface area contributed by atoms with Crippen molar-refractivity contribution in [2.45, 2.75) is 25.8 Å². The molecule has 2 rings (SSSR count). The third-order valence-electron chi connectivity index (χ3n) is 3.70. The maximum atomic E-state index is 11.5. The second-order valence-corrected chi connectivity index (χ2v) is 4.97. The van der Waals surface area contributed by atoms with Gasteiger partial charge >= 0.3 is 5.97 Å². The van der Waals surface area contributed by atoms with Crippen LogP contribution in [-0.2, 0) is 11.3 Å². The molecule has 1 aromatic heterocycles. The summed E-state index contributed by atoms with van der Waals surface area (Å²) in [5.41, 5.74) is 0.547. The number of likely N-dealkylation sites (tertiary alicyclic amines) is 1. The lowest BCUT2D eigenvalue weighted by atomic mass is 9.94. The minimum atomic E-state index is -0.309. The maximum absolute atomic E-state index is 11.5. The lowest BCUT2D eigenvalue weighted by molar-refractivity contribution is 0.0585. The van der Waals surface area contributed by atoms with Crippen molar-refractivity contribution >= 4 is 5.97 Å². The minimum absolute atomic E-state index is 0.309. The number of aromatic nitrogens is 2. The number of carbonyl (C=O) groups is 1. The van der Waals surface area contributed by atoms with Crippen molar-refractivity contribution in [2.75, 3.05) is 27.2 Å². The molecular formula is C13H21N3O2. The predicted octanol–water partition coefficient (Wildman–Crippen LogP) is 1.40. The summed E-state index contributed by atoms with van der Waals surface area (Å²) < 4.78 is 6.49. The summed E-state index contributed by atoms with van der Waals surface area (Å²) in [6, 6.07) is 1.71. The quantitative estimate of drug-likeness (QED) is 0.759. The number of ether oxygens (including phenoxy) is 1. The fourth-order valence-corrected chi connectivity index (χ4v) is 2.44. The van der Waals surface area contributed by atoms with Crippen LogP contribution in [0.5, 0.6) is 0 Å². The first-order valence-corrected chi connectivity index (χ1v) is 6.49. The molecule has 0 atom stereocenters. The van der Waals surface area contributed by atoms with Crippen LogP contribution in [0, 0.1) is 5.92 Å². The lowest BCUT2D eigenvalue weighted by Crippen LogP contribution is -2.30. The Kier molecular flexibility index (Phi) is 4.36. The highest BCUT2D eigenvalue weighted by molar-refractivity contribution is 5.87. The summed E-state index contributed by atoms with van der Waals surface area (Å²) in [4.78, 5) is 13.9. The zero-order valence-electron chi connectivity index (χ0n) is 11.1. The number of rotatable bonds is 4. The van der Waals surface area contributed by atoms with Crippen molar-refractivity contribution in [3.05, 3.63) is 18.0 Å². The number of nitrogens with zero attached hydrogens (tertiary/aromatic N) is 3. The van der Waals surface area contributed by atoms with Gasteiger partial charge in [0.1, 0.15) is 5.69 Å². The van der Waals surface area contributed by atoms with Crippen molar-refractivity contribution in [1.82, 2.24) is 14.7 Å². The number of hydrogen-bond acceptors (Lipinski definition) is 4. The highest BCUT2D eigenvalue weighted by Gasteiger charge is 2.18. The lowest BCUT2D eigenvalue weighted by Gasteiger charge is -2.28. The van der Waals surface area contributed by atoms with Gasteiger partial charge < -0.3 is 9.64 Å². The van der Waals surface area contributed by atoms with Crippen LogP contribution >= 0.6 is 0 Å². The second kappa shape index (κ2) is 6.00. The van der Waals surface area contributed by atoms with Gasteiger partial charge in [0.2, 0.25) is 0 Å². The Labute approximate surface area is 108 Å². The van der Waals surface area contributed by atoms with E-state index in [9.17, 15) is 4.79 Å². The third kappa shape index (κ3) is 3.10. The molecule has 18 heavy (non-hydrogen) atoms. The summed E-state index contributed by atoms with van der Waals surface area (Å²) in [6.45, 7) is 3.15. The number of esters is 1. The van der Waals surface area contributed by atoms with Gasteiger partial charge in [0, 0.05) is 12.7 Å². The van der Waals surface area contributed by atoms with E-state index in [-0.39, 0.29) is 5.97 Å². The summed E-state index contributed by atoms with van der Waals surface area (Å²) in [5.74, 6) is 0.437. The monoisotopic (exact) mass is 251 g/mol. The van der Waals surface area contributed by atoms with Gasteiger partial charge in [-0.15, -0.1) is 0 Å². The van der Waals surface area contributed by atoms with Crippen LogP contribution in [0.1, 0.15) is 29.8 Å². The molecule has 5 nitrogen and oxygen atoms in total.